The number of methoxy groups -OCH3 is 1. The Labute approximate surface area is 134 Å². The third-order valence-electron chi connectivity index (χ3n) is 3.92. The molecule has 1 fully saturated rings. The minimum absolute atomic E-state index is 0.183. The normalized spacial score (nSPS) is 14.1. The van der Waals surface area contributed by atoms with E-state index in [0.29, 0.717) is 12.3 Å². The molecule has 0 atom stereocenters. The molecule has 0 amide bonds. The highest BCUT2D eigenvalue weighted by Crippen LogP contribution is 2.35. The number of benzene rings is 1. The monoisotopic (exact) mass is 316 g/mol. The first-order valence-corrected chi connectivity index (χ1v) is 7.75. The molecule has 1 aliphatic heterocycles. The molecular weight excluding hydrogens is 296 g/mol. The molecule has 1 aliphatic rings. The Kier molecular flexibility index (Phi) is 4.45. The van der Waals surface area contributed by atoms with Crippen molar-refractivity contribution in [2.75, 3.05) is 31.7 Å². The number of anilines is 1. The Bertz CT molecular complexity index is 692. The number of carbonyl (C=O) groups excluding carboxylic acids is 1. The SMILES string of the molecule is CCOC(=O)c1n[nH]nc1-c1ccc(N2CCCC2)c(OC)c1. The largest absolute Gasteiger partial charge is 0.495 e. The first-order chi connectivity index (χ1) is 11.2. The topological polar surface area (TPSA) is 80.3 Å². The number of aromatic nitrogens is 3. The maximum absolute atomic E-state index is 11.9. The molecule has 0 saturated carbocycles. The van der Waals surface area contributed by atoms with Crippen LogP contribution < -0.4 is 9.64 Å². The molecular formula is C16H20N4O3. The Balaban J connectivity index is 1.95. The molecule has 0 unspecified atom stereocenters. The average molecular weight is 316 g/mol. The van der Waals surface area contributed by atoms with E-state index in [-0.39, 0.29) is 5.69 Å². The summed E-state index contributed by atoms with van der Waals surface area (Å²) >= 11 is 0. The van der Waals surface area contributed by atoms with Crippen LogP contribution >= 0.6 is 0 Å². The molecule has 2 heterocycles. The molecule has 2 aromatic rings. The standard InChI is InChI=1S/C16H20N4O3/c1-3-23-16(21)15-14(17-19-18-15)11-6-7-12(13(10-11)22-2)20-8-4-5-9-20/h6-7,10H,3-5,8-9H2,1-2H3,(H,17,18,19). The smallest absolute Gasteiger partial charge is 0.361 e. The summed E-state index contributed by atoms with van der Waals surface area (Å²) in [5, 5.41) is 10.5. The van der Waals surface area contributed by atoms with Crippen molar-refractivity contribution in [1.29, 1.82) is 0 Å². The van der Waals surface area contributed by atoms with Gasteiger partial charge in [-0.15, -0.1) is 5.10 Å². The van der Waals surface area contributed by atoms with Crippen LogP contribution in [0.4, 0.5) is 5.69 Å². The van der Waals surface area contributed by atoms with Crippen LogP contribution in [0.1, 0.15) is 30.3 Å². The maximum Gasteiger partial charge on any atom is 0.361 e. The summed E-state index contributed by atoms with van der Waals surface area (Å²) in [6.45, 7) is 4.12. The van der Waals surface area contributed by atoms with Crippen LogP contribution in [0.3, 0.4) is 0 Å². The predicted octanol–water partition coefficient (Wildman–Crippen LogP) is 2.26. The Morgan fingerprint density at radius 3 is 2.78 bits per heavy atom. The molecule has 0 aliphatic carbocycles. The summed E-state index contributed by atoms with van der Waals surface area (Å²) < 4.78 is 10.5. The van der Waals surface area contributed by atoms with Gasteiger partial charge in [-0.1, -0.05) is 6.07 Å². The van der Waals surface area contributed by atoms with Gasteiger partial charge in [-0.3, -0.25) is 0 Å². The summed E-state index contributed by atoms with van der Waals surface area (Å²) in [5.74, 6) is 0.279. The Morgan fingerprint density at radius 2 is 2.09 bits per heavy atom. The Hall–Kier alpha value is -2.57. The fraction of sp³-hybridized carbons (Fsp3) is 0.438. The van der Waals surface area contributed by atoms with Gasteiger partial charge in [-0.05, 0) is 31.9 Å². The number of rotatable bonds is 5. The molecule has 0 radical (unpaired) electrons. The van der Waals surface area contributed by atoms with Gasteiger partial charge < -0.3 is 14.4 Å². The van der Waals surface area contributed by atoms with Gasteiger partial charge in [-0.25, -0.2) is 4.79 Å². The summed E-state index contributed by atoms with van der Waals surface area (Å²) in [6, 6.07) is 5.81. The zero-order chi connectivity index (χ0) is 16.2. The van der Waals surface area contributed by atoms with Crippen LogP contribution in [0, 0.1) is 0 Å². The highest BCUT2D eigenvalue weighted by Gasteiger charge is 2.22. The van der Waals surface area contributed by atoms with Crippen LogP contribution in [0.5, 0.6) is 5.75 Å². The molecule has 3 rings (SSSR count). The second-order valence-electron chi connectivity index (χ2n) is 5.32. The van der Waals surface area contributed by atoms with Gasteiger partial charge in [0.2, 0.25) is 0 Å². The van der Waals surface area contributed by atoms with Gasteiger partial charge in [0, 0.05) is 18.7 Å². The lowest BCUT2D eigenvalue weighted by molar-refractivity contribution is 0.0520. The summed E-state index contributed by atoms with van der Waals surface area (Å²) in [7, 11) is 1.65. The van der Waals surface area contributed by atoms with Gasteiger partial charge in [-0.2, -0.15) is 10.3 Å². The first kappa shape index (κ1) is 15.3. The fourth-order valence-electron chi connectivity index (χ4n) is 2.82. The van der Waals surface area contributed by atoms with E-state index in [0.717, 1.165) is 30.1 Å². The number of esters is 1. The minimum atomic E-state index is -0.487. The highest BCUT2D eigenvalue weighted by molar-refractivity contribution is 5.94. The third-order valence-corrected chi connectivity index (χ3v) is 3.92. The minimum Gasteiger partial charge on any atom is -0.495 e. The van der Waals surface area contributed by atoms with Crippen molar-refractivity contribution in [3.05, 3.63) is 23.9 Å². The van der Waals surface area contributed by atoms with Gasteiger partial charge in [0.05, 0.1) is 19.4 Å². The van der Waals surface area contributed by atoms with Crippen LogP contribution in [0.2, 0.25) is 0 Å². The molecule has 23 heavy (non-hydrogen) atoms. The Morgan fingerprint density at radius 1 is 1.30 bits per heavy atom. The fourth-order valence-corrected chi connectivity index (χ4v) is 2.82. The van der Waals surface area contributed by atoms with E-state index in [9.17, 15) is 4.79 Å². The second kappa shape index (κ2) is 6.68. The number of H-pyrrole nitrogens is 1. The van der Waals surface area contributed by atoms with Crippen molar-refractivity contribution >= 4 is 11.7 Å². The van der Waals surface area contributed by atoms with E-state index >= 15 is 0 Å². The van der Waals surface area contributed by atoms with E-state index in [1.807, 2.05) is 18.2 Å². The summed E-state index contributed by atoms with van der Waals surface area (Å²) in [6.07, 6.45) is 2.39. The number of nitrogens with zero attached hydrogens (tertiary/aromatic N) is 3. The number of carbonyl (C=O) groups is 1. The second-order valence-corrected chi connectivity index (χ2v) is 5.32. The zero-order valence-corrected chi connectivity index (χ0v) is 13.3. The number of hydrogen-bond acceptors (Lipinski definition) is 6. The summed E-state index contributed by atoms with van der Waals surface area (Å²) in [4.78, 5) is 14.2. The number of hydrogen-bond donors (Lipinski definition) is 1. The van der Waals surface area contributed by atoms with Crippen molar-refractivity contribution in [1.82, 2.24) is 15.4 Å². The highest BCUT2D eigenvalue weighted by atomic mass is 16.5. The van der Waals surface area contributed by atoms with Crippen LogP contribution in [-0.2, 0) is 4.74 Å². The van der Waals surface area contributed by atoms with Crippen molar-refractivity contribution in [2.45, 2.75) is 19.8 Å². The lowest BCUT2D eigenvalue weighted by Gasteiger charge is -2.21. The van der Waals surface area contributed by atoms with Gasteiger partial charge >= 0.3 is 5.97 Å². The lowest BCUT2D eigenvalue weighted by Crippen LogP contribution is -2.18. The van der Waals surface area contributed by atoms with Crippen LogP contribution in [0.15, 0.2) is 18.2 Å². The van der Waals surface area contributed by atoms with Gasteiger partial charge in [0.25, 0.3) is 0 Å². The van der Waals surface area contributed by atoms with Gasteiger partial charge in [0.15, 0.2) is 5.69 Å². The van der Waals surface area contributed by atoms with E-state index in [2.05, 4.69) is 20.3 Å². The van der Waals surface area contributed by atoms with E-state index < -0.39 is 5.97 Å². The van der Waals surface area contributed by atoms with Crippen molar-refractivity contribution in [3.63, 3.8) is 0 Å². The molecule has 7 nitrogen and oxygen atoms in total. The maximum atomic E-state index is 11.9. The lowest BCUT2D eigenvalue weighted by atomic mass is 10.1. The predicted molar refractivity (Wildman–Crippen MR) is 85.8 cm³/mol. The van der Waals surface area contributed by atoms with E-state index in [4.69, 9.17) is 9.47 Å². The van der Waals surface area contributed by atoms with Crippen molar-refractivity contribution in [2.24, 2.45) is 0 Å². The number of nitrogens with one attached hydrogen (secondary N) is 1. The molecule has 1 saturated heterocycles. The first-order valence-electron chi connectivity index (χ1n) is 7.75. The molecule has 0 bridgehead atoms. The number of ether oxygens (including phenoxy) is 2. The zero-order valence-electron chi connectivity index (χ0n) is 13.3. The number of aromatic amines is 1. The average Bonchev–Trinajstić information content (AvgIpc) is 3.26. The third kappa shape index (κ3) is 2.99. The van der Waals surface area contributed by atoms with Crippen molar-refractivity contribution in [3.8, 4) is 17.0 Å². The van der Waals surface area contributed by atoms with Gasteiger partial charge in [0.1, 0.15) is 11.4 Å². The summed E-state index contributed by atoms with van der Waals surface area (Å²) in [5.41, 5.74) is 2.48. The van der Waals surface area contributed by atoms with Crippen molar-refractivity contribution < 1.29 is 14.3 Å². The molecule has 122 valence electrons. The molecule has 1 N–H and O–H groups in total. The molecule has 0 spiro atoms. The van der Waals surface area contributed by atoms with Crippen LogP contribution in [-0.4, -0.2) is 48.2 Å². The van der Waals surface area contributed by atoms with E-state index in [1.165, 1.54) is 12.8 Å². The quantitative estimate of drug-likeness (QED) is 0.852. The van der Waals surface area contributed by atoms with Crippen LogP contribution in [0.25, 0.3) is 11.3 Å². The van der Waals surface area contributed by atoms with E-state index in [1.54, 1.807) is 14.0 Å². The molecule has 1 aromatic carbocycles. The molecule has 7 heteroatoms. The molecule has 1 aromatic heterocycles.